The normalized spacial score (nSPS) is 11.4. The highest BCUT2D eigenvalue weighted by molar-refractivity contribution is 5.94. The zero-order chi connectivity index (χ0) is 25.8. The number of ether oxygens (including phenoxy) is 2. The number of benzene rings is 1. The Balaban J connectivity index is 2.54. The van der Waals surface area contributed by atoms with Crippen LogP contribution in [0, 0.1) is 20.2 Å². The maximum absolute atomic E-state index is 12.4. The summed E-state index contributed by atoms with van der Waals surface area (Å²) in [6.07, 6.45) is 1.04. The number of amides is 2. The number of nitrogens with one attached hydrogen (secondary N) is 2. The molecule has 34 heavy (non-hydrogen) atoms. The summed E-state index contributed by atoms with van der Waals surface area (Å²) in [6, 6.07) is 4.52. The molecule has 13 heteroatoms. The molecule has 0 radical (unpaired) electrons. The van der Waals surface area contributed by atoms with Gasteiger partial charge in [-0.1, -0.05) is 0 Å². The Kier molecular flexibility index (Phi) is 7.40. The summed E-state index contributed by atoms with van der Waals surface area (Å²) in [5, 5.41) is 27.6. The first kappa shape index (κ1) is 26.0. The molecule has 0 aliphatic heterocycles. The van der Waals surface area contributed by atoms with Crippen LogP contribution in [-0.2, 0) is 9.47 Å². The second-order valence-corrected chi connectivity index (χ2v) is 9.12. The minimum atomic E-state index is -0.837. The highest BCUT2D eigenvalue weighted by atomic mass is 16.6. The first-order valence-corrected chi connectivity index (χ1v) is 10.0. The van der Waals surface area contributed by atoms with Crippen molar-refractivity contribution in [3.63, 3.8) is 0 Å². The molecule has 1 heterocycles. The van der Waals surface area contributed by atoms with Gasteiger partial charge in [-0.3, -0.25) is 30.9 Å². The van der Waals surface area contributed by atoms with Gasteiger partial charge in [-0.2, -0.15) is 4.57 Å². The third-order valence-corrected chi connectivity index (χ3v) is 3.88. The monoisotopic (exact) mass is 476 g/mol. The van der Waals surface area contributed by atoms with Crippen LogP contribution in [0.2, 0.25) is 0 Å². The predicted octanol–water partition coefficient (Wildman–Crippen LogP) is 4.47. The molecule has 182 valence electrons. The first-order valence-electron chi connectivity index (χ1n) is 10.0. The molecule has 0 saturated heterocycles. The molecule has 2 aromatic rings. The molecule has 2 rings (SSSR count). The number of nitro groups is 2. The number of pyridine rings is 1. The molecule has 0 spiro atoms. The fourth-order valence-corrected chi connectivity index (χ4v) is 2.67. The summed E-state index contributed by atoms with van der Waals surface area (Å²) in [5.74, 6) is 0. The number of nitro benzene ring substituents is 2. The number of hydrogen-bond acceptors (Lipinski definition) is 8. The maximum Gasteiger partial charge on any atom is 0.412 e. The molecular weight excluding hydrogens is 450 g/mol. The minimum Gasteiger partial charge on any atom is -0.444 e. The average Bonchev–Trinajstić information content (AvgIpc) is 2.65. The van der Waals surface area contributed by atoms with Crippen LogP contribution in [0.5, 0.6) is 0 Å². The predicted molar refractivity (Wildman–Crippen MR) is 121 cm³/mol. The Bertz CT molecular complexity index is 1130. The molecule has 2 amide bonds. The van der Waals surface area contributed by atoms with Crippen molar-refractivity contribution in [1.82, 2.24) is 0 Å². The Morgan fingerprint density at radius 2 is 1.38 bits per heavy atom. The highest BCUT2D eigenvalue weighted by Crippen LogP contribution is 2.27. The van der Waals surface area contributed by atoms with E-state index in [1.807, 2.05) is 0 Å². The summed E-state index contributed by atoms with van der Waals surface area (Å²) < 4.78 is 11.7. The fraction of sp³-hybridized carbons (Fsp3) is 0.381. The number of aromatic nitrogens is 1. The van der Waals surface area contributed by atoms with Crippen LogP contribution in [-0.4, -0.2) is 33.2 Å². The number of nitrogens with zero attached hydrogens (tertiary/aromatic N) is 3. The van der Waals surface area contributed by atoms with Crippen molar-refractivity contribution in [1.29, 1.82) is 0 Å². The molecule has 1 aromatic heterocycles. The smallest absolute Gasteiger partial charge is 0.412 e. The molecule has 1 aromatic carbocycles. The lowest BCUT2D eigenvalue weighted by atomic mass is 10.2. The molecule has 0 unspecified atom stereocenters. The van der Waals surface area contributed by atoms with Crippen LogP contribution in [0.15, 0.2) is 36.7 Å². The first-order chi connectivity index (χ1) is 15.6. The minimum absolute atomic E-state index is 0.00773. The van der Waals surface area contributed by atoms with Crippen LogP contribution < -0.4 is 15.2 Å². The van der Waals surface area contributed by atoms with Gasteiger partial charge < -0.3 is 9.47 Å². The summed E-state index contributed by atoms with van der Waals surface area (Å²) in [7, 11) is 0. The van der Waals surface area contributed by atoms with Crippen LogP contribution in [0.4, 0.5) is 32.3 Å². The van der Waals surface area contributed by atoms with E-state index < -0.39 is 44.6 Å². The van der Waals surface area contributed by atoms with Crippen LogP contribution in [0.1, 0.15) is 41.5 Å². The molecule has 0 atom stereocenters. The van der Waals surface area contributed by atoms with E-state index in [2.05, 4.69) is 10.6 Å². The van der Waals surface area contributed by atoms with Crippen LogP contribution in [0.25, 0.3) is 5.69 Å². The van der Waals surface area contributed by atoms with Crippen molar-refractivity contribution < 1.29 is 33.5 Å². The second-order valence-electron chi connectivity index (χ2n) is 9.12. The molecule has 2 N–H and O–H groups in total. The zero-order valence-electron chi connectivity index (χ0n) is 19.6. The van der Waals surface area contributed by atoms with Crippen molar-refractivity contribution in [2.45, 2.75) is 52.7 Å². The van der Waals surface area contributed by atoms with Gasteiger partial charge in [-0.15, -0.1) is 0 Å². The SMILES string of the molecule is CC(C)(C)OC(=O)Nc1cc[n+](-c2ccc([N+](=O)[O-])cc2[N+](=O)[O-])cc1NC(=O)OC(C)(C)C. The molecule has 0 bridgehead atoms. The molecule has 13 nitrogen and oxygen atoms in total. The van der Waals surface area contributed by atoms with Gasteiger partial charge >= 0.3 is 17.9 Å². The highest BCUT2D eigenvalue weighted by Gasteiger charge is 2.28. The standard InChI is InChI=1S/C21H25N5O8/c1-20(2,3)33-18(27)22-14-9-10-24(12-15(14)23-19(28)34-21(4,5)6)16-8-7-13(25(29)30)11-17(16)26(31)32/h7-12H,1-6H3,(H,23,28)/p+1. The van der Waals surface area contributed by atoms with E-state index in [1.54, 1.807) is 41.5 Å². The van der Waals surface area contributed by atoms with E-state index in [9.17, 15) is 29.8 Å². The summed E-state index contributed by atoms with van der Waals surface area (Å²) in [5.41, 5.74) is -2.42. The lowest BCUT2D eigenvalue weighted by Gasteiger charge is -2.21. The molecular formula is C21H26N5O8+. The number of anilines is 2. The zero-order valence-corrected chi connectivity index (χ0v) is 19.6. The molecule has 0 saturated carbocycles. The van der Waals surface area contributed by atoms with Crippen LogP contribution in [0.3, 0.4) is 0 Å². The number of carbonyl (C=O) groups excluding carboxylic acids is 2. The lowest BCUT2D eigenvalue weighted by molar-refractivity contribution is -0.600. The number of hydrogen-bond donors (Lipinski definition) is 2. The summed E-state index contributed by atoms with van der Waals surface area (Å²) in [4.78, 5) is 45.7. The largest absolute Gasteiger partial charge is 0.444 e. The van der Waals surface area contributed by atoms with Gasteiger partial charge in [0.25, 0.3) is 11.4 Å². The quantitative estimate of drug-likeness (QED) is 0.362. The second kappa shape index (κ2) is 9.68. The fourth-order valence-electron chi connectivity index (χ4n) is 2.67. The van der Waals surface area contributed by atoms with Gasteiger partial charge in [0.1, 0.15) is 23.0 Å². The summed E-state index contributed by atoms with van der Waals surface area (Å²) in [6.45, 7) is 10.0. The maximum atomic E-state index is 12.4. The number of carbonyl (C=O) groups is 2. The van der Waals surface area contributed by atoms with Crippen molar-refractivity contribution in [2.75, 3.05) is 10.6 Å². The van der Waals surface area contributed by atoms with E-state index in [0.717, 1.165) is 12.1 Å². The van der Waals surface area contributed by atoms with Crippen molar-refractivity contribution in [3.8, 4) is 5.69 Å². The third-order valence-electron chi connectivity index (χ3n) is 3.88. The van der Waals surface area contributed by atoms with Gasteiger partial charge in [0.15, 0.2) is 6.20 Å². The number of non-ortho nitro benzene ring substituents is 1. The van der Waals surface area contributed by atoms with Gasteiger partial charge in [0.2, 0.25) is 6.20 Å². The molecule has 0 fully saturated rings. The molecule has 0 aliphatic carbocycles. The lowest BCUT2D eigenvalue weighted by Crippen LogP contribution is -2.34. The average molecular weight is 476 g/mol. The van der Waals surface area contributed by atoms with Gasteiger partial charge in [0.05, 0.1) is 15.5 Å². The van der Waals surface area contributed by atoms with Crippen LogP contribution >= 0.6 is 0 Å². The Labute approximate surface area is 195 Å². The van der Waals surface area contributed by atoms with Gasteiger partial charge in [0, 0.05) is 18.2 Å². The Morgan fingerprint density at radius 1 is 0.853 bits per heavy atom. The van der Waals surface area contributed by atoms with Gasteiger partial charge in [-0.25, -0.2) is 9.59 Å². The molecule has 0 aliphatic rings. The van der Waals surface area contributed by atoms with E-state index in [4.69, 9.17) is 9.47 Å². The summed E-state index contributed by atoms with van der Waals surface area (Å²) >= 11 is 0. The Morgan fingerprint density at radius 3 is 1.85 bits per heavy atom. The van der Waals surface area contributed by atoms with Crippen molar-refractivity contribution in [3.05, 3.63) is 56.9 Å². The van der Waals surface area contributed by atoms with E-state index in [1.165, 1.54) is 29.1 Å². The van der Waals surface area contributed by atoms with Crippen molar-refractivity contribution in [2.24, 2.45) is 0 Å². The topological polar surface area (TPSA) is 167 Å². The van der Waals surface area contributed by atoms with E-state index >= 15 is 0 Å². The van der Waals surface area contributed by atoms with Crippen molar-refractivity contribution >= 4 is 34.9 Å². The van der Waals surface area contributed by atoms with Gasteiger partial charge in [-0.05, 0) is 41.5 Å². The van der Waals surface area contributed by atoms with E-state index in [-0.39, 0.29) is 17.1 Å². The third kappa shape index (κ3) is 7.39. The number of rotatable bonds is 5. The Hall–Kier alpha value is -4.29. The van der Waals surface area contributed by atoms with E-state index in [0.29, 0.717) is 0 Å².